The summed E-state index contributed by atoms with van der Waals surface area (Å²) in [6.45, 7) is 2.07. The number of hydrogen-bond acceptors (Lipinski definition) is 6. The molecule has 0 fully saturated rings. The van der Waals surface area contributed by atoms with Gasteiger partial charge in [0.15, 0.2) is 0 Å². The molecule has 0 aliphatic heterocycles. The van der Waals surface area contributed by atoms with Gasteiger partial charge >= 0.3 is 0 Å². The largest absolute Gasteiger partial charge is 0.350 e. The molecule has 1 atom stereocenters. The zero-order valence-corrected chi connectivity index (χ0v) is 17.2. The van der Waals surface area contributed by atoms with Crippen molar-refractivity contribution in [2.75, 3.05) is 10.6 Å². The summed E-state index contributed by atoms with van der Waals surface area (Å²) in [6, 6.07) is 17.6. The maximum absolute atomic E-state index is 12.2. The standard InChI is InChI=1S/C23H20N8O/c1-15(16-5-3-2-4-6-16)28-23-25-10-9-21(30-23)31-14-27-18-11-17(7-8-20(18)31)29-22(32)19-12-24-13-26-19/h2-15H,1H3,(H,24,26)(H,29,32)(H,25,28,30)/t15-/m0/s1. The van der Waals surface area contributed by atoms with Crippen LogP contribution in [0.1, 0.15) is 29.0 Å². The highest BCUT2D eigenvalue weighted by molar-refractivity contribution is 6.03. The molecule has 0 saturated carbocycles. The van der Waals surface area contributed by atoms with Gasteiger partial charge in [-0.1, -0.05) is 30.3 Å². The molecule has 5 rings (SSSR count). The maximum atomic E-state index is 12.2. The van der Waals surface area contributed by atoms with E-state index in [2.05, 4.69) is 54.6 Å². The number of aromatic amines is 1. The zero-order valence-electron chi connectivity index (χ0n) is 17.2. The van der Waals surface area contributed by atoms with E-state index in [9.17, 15) is 4.79 Å². The fourth-order valence-corrected chi connectivity index (χ4v) is 3.42. The molecule has 3 N–H and O–H groups in total. The number of amides is 1. The molecule has 0 aliphatic carbocycles. The number of fused-ring (bicyclic) bond motifs is 1. The first-order valence-electron chi connectivity index (χ1n) is 10.1. The first-order valence-corrected chi connectivity index (χ1v) is 10.1. The third-order valence-electron chi connectivity index (χ3n) is 5.07. The van der Waals surface area contributed by atoms with Crippen molar-refractivity contribution in [1.82, 2.24) is 29.5 Å². The Kier molecular flexibility index (Phi) is 5.04. The molecule has 2 aromatic carbocycles. The van der Waals surface area contributed by atoms with Crippen LogP contribution < -0.4 is 10.6 Å². The Labute approximate surface area is 183 Å². The average molecular weight is 424 g/mol. The minimum atomic E-state index is -0.288. The number of aromatic nitrogens is 6. The van der Waals surface area contributed by atoms with E-state index in [1.165, 1.54) is 6.33 Å². The molecule has 0 radical (unpaired) electrons. The highest BCUT2D eigenvalue weighted by Gasteiger charge is 2.12. The number of benzene rings is 2. The monoisotopic (exact) mass is 424 g/mol. The Bertz CT molecular complexity index is 1360. The summed E-state index contributed by atoms with van der Waals surface area (Å²) in [7, 11) is 0. The van der Waals surface area contributed by atoms with Crippen molar-refractivity contribution in [3.05, 3.63) is 90.9 Å². The molecule has 5 aromatic rings. The molecule has 0 aliphatic rings. The lowest BCUT2D eigenvalue weighted by Crippen LogP contribution is -2.12. The molecule has 9 heteroatoms. The van der Waals surface area contributed by atoms with Gasteiger partial charge in [-0.05, 0) is 36.8 Å². The van der Waals surface area contributed by atoms with E-state index in [1.807, 2.05) is 47.0 Å². The number of carbonyl (C=O) groups is 1. The second-order valence-corrected chi connectivity index (χ2v) is 7.24. The van der Waals surface area contributed by atoms with Crippen LogP contribution in [0.4, 0.5) is 11.6 Å². The second-order valence-electron chi connectivity index (χ2n) is 7.24. The third-order valence-corrected chi connectivity index (χ3v) is 5.07. The number of nitrogens with zero attached hydrogens (tertiary/aromatic N) is 5. The molecule has 0 spiro atoms. The molecule has 9 nitrogen and oxygen atoms in total. The van der Waals surface area contributed by atoms with Crippen LogP contribution in [0.2, 0.25) is 0 Å². The number of nitrogens with one attached hydrogen (secondary N) is 3. The van der Waals surface area contributed by atoms with E-state index in [-0.39, 0.29) is 11.9 Å². The van der Waals surface area contributed by atoms with Gasteiger partial charge in [0.25, 0.3) is 5.91 Å². The smallest absolute Gasteiger partial charge is 0.275 e. The fraction of sp³-hybridized carbons (Fsp3) is 0.0870. The van der Waals surface area contributed by atoms with Crippen LogP contribution in [0.15, 0.2) is 79.6 Å². The minimum Gasteiger partial charge on any atom is -0.350 e. The summed E-state index contributed by atoms with van der Waals surface area (Å²) in [6.07, 6.45) is 6.43. The van der Waals surface area contributed by atoms with Gasteiger partial charge in [-0.2, -0.15) is 4.98 Å². The highest BCUT2D eigenvalue weighted by atomic mass is 16.1. The summed E-state index contributed by atoms with van der Waals surface area (Å²) in [5.74, 6) is 0.936. The van der Waals surface area contributed by atoms with Gasteiger partial charge in [0.05, 0.1) is 23.4 Å². The van der Waals surface area contributed by atoms with Crippen LogP contribution in [-0.4, -0.2) is 35.4 Å². The van der Waals surface area contributed by atoms with E-state index in [0.717, 1.165) is 16.6 Å². The Morgan fingerprint density at radius 2 is 1.94 bits per heavy atom. The van der Waals surface area contributed by atoms with Gasteiger partial charge in [0.2, 0.25) is 5.95 Å². The van der Waals surface area contributed by atoms with Gasteiger partial charge in [-0.15, -0.1) is 0 Å². The Balaban J connectivity index is 1.38. The number of hydrogen-bond donors (Lipinski definition) is 3. The van der Waals surface area contributed by atoms with Crippen LogP contribution in [0, 0.1) is 0 Å². The summed E-state index contributed by atoms with van der Waals surface area (Å²) < 4.78 is 1.88. The van der Waals surface area contributed by atoms with Gasteiger partial charge in [-0.25, -0.2) is 15.0 Å². The summed E-state index contributed by atoms with van der Waals surface area (Å²) in [5.41, 5.74) is 3.71. The van der Waals surface area contributed by atoms with Crippen molar-refractivity contribution in [2.24, 2.45) is 0 Å². The van der Waals surface area contributed by atoms with E-state index in [4.69, 9.17) is 0 Å². The van der Waals surface area contributed by atoms with Crippen LogP contribution in [0.5, 0.6) is 0 Å². The van der Waals surface area contributed by atoms with Crippen molar-refractivity contribution in [2.45, 2.75) is 13.0 Å². The zero-order chi connectivity index (χ0) is 21.9. The lowest BCUT2D eigenvalue weighted by Gasteiger charge is -2.14. The van der Waals surface area contributed by atoms with Crippen molar-refractivity contribution in [3.8, 4) is 5.82 Å². The van der Waals surface area contributed by atoms with Crippen molar-refractivity contribution in [3.63, 3.8) is 0 Å². The van der Waals surface area contributed by atoms with Crippen LogP contribution in [0.25, 0.3) is 16.9 Å². The van der Waals surface area contributed by atoms with E-state index < -0.39 is 0 Å². The number of rotatable bonds is 6. The molecule has 158 valence electrons. The van der Waals surface area contributed by atoms with E-state index >= 15 is 0 Å². The van der Waals surface area contributed by atoms with Gasteiger partial charge in [-0.3, -0.25) is 9.36 Å². The van der Waals surface area contributed by atoms with Crippen molar-refractivity contribution in [1.29, 1.82) is 0 Å². The maximum Gasteiger partial charge on any atom is 0.275 e. The Morgan fingerprint density at radius 3 is 2.75 bits per heavy atom. The number of imidazole rings is 2. The number of H-pyrrole nitrogens is 1. The van der Waals surface area contributed by atoms with E-state index in [0.29, 0.717) is 23.1 Å². The molecule has 1 amide bonds. The van der Waals surface area contributed by atoms with E-state index in [1.54, 1.807) is 18.7 Å². The number of anilines is 2. The van der Waals surface area contributed by atoms with Gasteiger partial charge in [0, 0.05) is 18.1 Å². The predicted molar refractivity (Wildman–Crippen MR) is 122 cm³/mol. The quantitative estimate of drug-likeness (QED) is 0.380. The van der Waals surface area contributed by atoms with Crippen LogP contribution in [0.3, 0.4) is 0 Å². The molecule has 32 heavy (non-hydrogen) atoms. The lowest BCUT2D eigenvalue weighted by molar-refractivity contribution is 0.102. The first kappa shape index (κ1) is 19.4. The molecule has 3 aromatic heterocycles. The van der Waals surface area contributed by atoms with Crippen molar-refractivity contribution < 1.29 is 4.79 Å². The SMILES string of the molecule is C[C@H](Nc1nccc(-n2cnc3cc(NC(=O)c4c[nH]cn4)ccc32)n1)c1ccccc1. The average Bonchev–Trinajstić information content (AvgIpc) is 3.50. The van der Waals surface area contributed by atoms with Crippen LogP contribution in [-0.2, 0) is 0 Å². The highest BCUT2D eigenvalue weighted by Crippen LogP contribution is 2.22. The Hall–Kier alpha value is -4.53. The third kappa shape index (κ3) is 3.91. The normalized spacial score (nSPS) is 11.9. The van der Waals surface area contributed by atoms with Crippen molar-refractivity contribution >= 4 is 28.6 Å². The summed E-state index contributed by atoms with van der Waals surface area (Å²) in [4.78, 5) is 32.4. The number of carbonyl (C=O) groups excluding carboxylic acids is 1. The topological polar surface area (TPSA) is 113 Å². The molecule has 3 heterocycles. The Morgan fingerprint density at radius 1 is 1.06 bits per heavy atom. The molecule has 0 unspecified atom stereocenters. The minimum absolute atomic E-state index is 0.0617. The van der Waals surface area contributed by atoms with Gasteiger partial charge in [0.1, 0.15) is 17.8 Å². The summed E-state index contributed by atoms with van der Waals surface area (Å²) in [5, 5.41) is 6.17. The predicted octanol–water partition coefficient (Wildman–Crippen LogP) is 3.96. The first-order chi connectivity index (χ1) is 15.7. The van der Waals surface area contributed by atoms with Crippen LogP contribution >= 0.6 is 0 Å². The molecule has 0 bridgehead atoms. The molecular weight excluding hydrogens is 404 g/mol. The van der Waals surface area contributed by atoms with Gasteiger partial charge < -0.3 is 15.6 Å². The second kappa shape index (κ2) is 8.31. The summed E-state index contributed by atoms with van der Waals surface area (Å²) >= 11 is 0. The lowest BCUT2D eigenvalue weighted by atomic mass is 10.1. The molecule has 0 saturated heterocycles. The molecular formula is C23H20N8O. The fourth-order valence-electron chi connectivity index (χ4n) is 3.42.